The maximum absolute atomic E-state index is 13.1. The lowest BCUT2D eigenvalue weighted by Crippen LogP contribution is -2.40. The van der Waals surface area contributed by atoms with Crippen LogP contribution in [-0.2, 0) is 13.6 Å². The molecule has 0 aliphatic carbocycles. The Kier molecular flexibility index (Phi) is 6.38. The van der Waals surface area contributed by atoms with E-state index in [1.54, 1.807) is 13.0 Å². The summed E-state index contributed by atoms with van der Waals surface area (Å²) in [5.74, 6) is -0.0896. The van der Waals surface area contributed by atoms with Crippen LogP contribution in [0.5, 0.6) is 0 Å². The highest BCUT2D eigenvalue weighted by molar-refractivity contribution is 6.00. The molecule has 1 aliphatic heterocycles. The zero-order chi connectivity index (χ0) is 26.3. The van der Waals surface area contributed by atoms with E-state index in [9.17, 15) is 22.8 Å². The van der Waals surface area contributed by atoms with Gasteiger partial charge < -0.3 is 14.8 Å². The summed E-state index contributed by atoms with van der Waals surface area (Å²) in [5.41, 5.74) is 3.18. The summed E-state index contributed by atoms with van der Waals surface area (Å²) in [4.78, 5) is 31.8. The predicted octanol–water partition coefficient (Wildman–Crippen LogP) is 4.08. The molecule has 0 saturated carbocycles. The first kappa shape index (κ1) is 24.8. The number of aryl methyl sites for hydroxylation is 2. The molecule has 2 amide bonds. The van der Waals surface area contributed by atoms with E-state index in [1.807, 2.05) is 57.0 Å². The van der Waals surface area contributed by atoms with E-state index in [2.05, 4.69) is 10.1 Å². The number of rotatable bonds is 5. The second-order valence-corrected chi connectivity index (χ2v) is 9.54. The fourth-order valence-electron chi connectivity index (χ4n) is 4.96. The highest BCUT2D eigenvalue weighted by Crippen LogP contribution is 2.25. The van der Waals surface area contributed by atoms with Crippen LogP contribution >= 0.6 is 0 Å². The first-order chi connectivity index (χ1) is 17.6. The topological polar surface area (TPSA) is 85.1 Å². The van der Waals surface area contributed by atoms with Crippen LogP contribution in [0.3, 0.4) is 0 Å². The number of nitrogens with one attached hydrogen (secondary N) is 1. The Balaban J connectivity index is 1.23. The van der Waals surface area contributed by atoms with Crippen molar-refractivity contribution in [3.8, 4) is 0 Å². The van der Waals surface area contributed by atoms with E-state index in [0.29, 0.717) is 42.5 Å². The van der Waals surface area contributed by atoms with Crippen molar-refractivity contribution in [1.82, 2.24) is 29.5 Å². The number of amides is 2. The number of carbonyl (C=O) groups excluding carboxylic acids is 2. The lowest BCUT2D eigenvalue weighted by Gasteiger charge is -2.31. The Labute approximate surface area is 211 Å². The molecule has 1 fully saturated rings. The zero-order valence-electron chi connectivity index (χ0n) is 20.5. The number of nitrogens with zero attached hydrogens (tertiary/aromatic N) is 5. The fourth-order valence-corrected chi connectivity index (χ4v) is 4.96. The molecule has 2 aromatic heterocycles. The van der Waals surface area contributed by atoms with E-state index in [1.165, 1.54) is 6.07 Å². The van der Waals surface area contributed by atoms with Crippen LogP contribution < -0.4 is 5.32 Å². The minimum Gasteiger partial charge on any atom is -0.343 e. The van der Waals surface area contributed by atoms with Gasteiger partial charge in [0, 0.05) is 43.8 Å². The number of aromatic nitrogens is 4. The number of imidazole rings is 1. The molecule has 1 N–H and O–H groups in total. The number of carbonyl (C=O) groups is 2. The molecule has 1 aliphatic rings. The van der Waals surface area contributed by atoms with Gasteiger partial charge in [-0.05, 0) is 55.5 Å². The molecule has 194 valence electrons. The molecule has 5 rings (SSSR count). The van der Waals surface area contributed by atoms with E-state index in [-0.39, 0.29) is 11.5 Å². The standard InChI is InChI=1S/C26H27F3N6O2/c1-16-18(24(36)30-15-26(27,28)29)7-8-20-19(16)14-35(32-20)13-17-9-11-34(12-10-17)25(37)23-31-21-5-3-4-6-22(21)33(23)2/h3-8,14,17H,9-13,15H2,1-2H3,(H,30,36). The van der Waals surface area contributed by atoms with Gasteiger partial charge >= 0.3 is 6.18 Å². The molecular weight excluding hydrogens is 485 g/mol. The van der Waals surface area contributed by atoms with Gasteiger partial charge in [0.05, 0.1) is 16.6 Å². The maximum atomic E-state index is 13.1. The number of para-hydroxylation sites is 2. The molecule has 37 heavy (non-hydrogen) atoms. The molecule has 0 radical (unpaired) electrons. The molecule has 0 atom stereocenters. The molecule has 11 heteroatoms. The SMILES string of the molecule is Cc1c(C(=O)NCC(F)(F)F)ccc2nn(CC3CCN(C(=O)c4nc5ccccc5n4C)CC3)cc12. The van der Waals surface area contributed by atoms with Crippen molar-refractivity contribution in [2.75, 3.05) is 19.6 Å². The third-order valence-corrected chi connectivity index (χ3v) is 7.03. The monoisotopic (exact) mass is 512 g/mol. The number of alkyl halides is 3. The lowest BCUT2D eigenvalue weighted by atomic mass is 9.97. The van der Waals surface area contributed by atoms with Gasteiger partial charge in [-0.15, -0.1) is 0 Å². The number of benzene rings is 2. The van der Waals surface area contributed by atoms with Crippen molar-refractivity contribution in [3.05, 3.63) is 59.5 Å². The molecule has 8 nitrogen and oxygen atoms in total. The van der Waals surface area contributed by atoms with Crippen molar-refractivity contribution in [3.63, 3.8) is 0 Å². The van der Waals surface area contributed by atoms with E-state index in [4.69, 9.17) is 0 Å². The zero-order valence-corrected chi connectivity index (χ0v) is 20.5. The smallest absolute Gasteiger partial charge is 0.343 e. The van der Waals surface area contributed by atoms with Crippen LogP contribution in [0.1, 0.15) is 39.4 Å². The summed E-state index contributed by atoms with van der Waals surface area (Å²) in [6, 6.07) is 10.8. The summed E-state index contributed by atoms with van der Waals surface area (Å²) in [6.07, 6.45) is -1.00. The summed E-state index contributed by atoms with van der Waals surface area (Å²) in [6.45, 7) is 2.23. The number of hydrogen-bond acceptors (Lipinski definition) is 4. The predicted molar refractivity (Wildman–Crippen MR) is 132 cm³/mol. The van der Waals surface area contributed by atoms with Gasteiger partial charge in [-0.2, -0.15) is 18.3 Å². The lowest BCUT2D eigenvalue weighted by molar-refractivity contribution is -0.123. The van der Waals surface area contributed by atoms with Crippen LogP contribution in [0.4, 0.5) is 13.2 Å². The average Bonchev–Trinajstić information content (AvgIpc) is 3.44. The van der Waals surface area contributed by atoms with Gasteiger partial charge in [-0.25, -0.2) is 4.98 Å². The Morgan fingerprint density at radius 3 is 2.51 bits per heavy atom. The molecular formula is C26H27F3N6O2. The molecule has 1 saturated heterocycles. The van der Waals surface area contributed by atoms with Gasteiger partial charge in [-0.1, -0.05) is 12.1 Å². The summed E-state index contributed by atoms with van der Waals surface area (Å²) < 4.78 is 41.1. The largest absolute Gasteiger partial charge is 0.405 e. The summed E-state index contributed by atoms with van der Waals surface area (Å²) in [7, 11) is 1.85. The van der Waals surface area contributed by atoms with Crippen molar-refractivity contribution in [1.29, 1.82) is 0 Å². The van der Waals surface area contributed by atoms with Crippen LogP contribution in [0, 0.1) is 12.8 Å². The number of hydrogen-bond donors (Lipinski definition) is 1. The van der Waals surface area contributed by atoms with E-state index < -0.39 is 18.6 Å². The molecule has 2 aromatic carbocycles. The molecule has 0 spiro atoms. The first-order valence-corrected chi connectivity index (χ1v) is 12.1. The maximum Gasteiger partial charge on any atom is 0.405 e. The average molecular weight is 513 g/mol. The van der Waals surface area contributed by atoms with Gasteiger partial charge in [0.25, 0.3) is 11.8 Å². The molecule has 0 unspecified atom stereocenters. The Hall–Kier alpha value is -3.89. The number of halogens is 3. The summed E-state index contributed by atoms with van der Waals surface area (Å²) in [5, 5.41) is 7.26. The minimum atomic E-state index is -4.47. The fraction of sp³-hybridized carbons (Fsp3) is 0.385. The molecule has 4 aromatic rings. The number of likely N-dealkylation sites (tertiary alicyclic amines) is 1. The van der Waals surface area contributed by atoms with E-state index >= 15 is 0 Å². The van der Waals surface area contributed by atoms with Crippen LogP contribution in [0.25, 0.3) is 21.9 Å². The first-order valence-electron chi connectivity index (χ1n) is 12.1. The van der Waals surface area contributed by atoms with E-state index in [0.717, 1.165) is 29.3 Å². The minimum absolute atomic E-state index is 0.0751. The Morgan fingerprint density at radius 2 is 1.81 bits per heavy atom. The van der Waals surface area contributed by atoms with Crippen LogP contribution in [-0.4, -0.2) is 61.9 Å². The second-order valence-electron chi connectivity index (χ2n) is 9.54. The quantitative estimate of drug-likeness (QED) is 0.437. The second kappa shape index (κ2) is 9.53. The van der Waals surface area contributed by atoms with Crippen LogP contribution in [0.2, 0.25) is 0 Å². The molecule has 3 heterocycles. The highest BCUT2D eigenvalue weighted by Gasteiger charge is 2.29. The van der Waals surface area contributed by atoms with Gasteiger partial charge in [0.1, 0.15) is 6.54 Å². The Morgan fingerprint density at radius 1 is 1.08 bits per heavy atom. The number of piperidine rings is 1. The Bertz CT molecular complexity index is 1480. The van der Waals surface area contributed by atoms with Crippen LogP contribution in [0.15, 0.2) is 42.6 Å². The van der Waals surface area contributed by atoms with Crippen molar-refractivity contribution >= 4 is 33.8 Å². The molecule has 0 bridgehead atoms. The van der Waals surface area contributed by atoms with Gasteiger partial charge in [0.2, 0.25) is 0 Å². The summed E-state index contributed by atoms with van der Waals surface area (Å²) >= 11 is 0. The van der Waals surface area contributed by atoms with Crippen molar-refractivity contribution in [2.45, 2.75) is 32.5 Å². The van der Waals surface area contributed by atoms with Crippen molar-refractivity contribution < 1.29 is 22.8 Å². The third-order valence-electron chi connectivity index (χ3n) is 7.03. The number of fused-ring (bicyclic) bond motifs is 2. The third kappa shape index (κ3) is 5.03. The van der Waals surface area contributed by atoms with Gasteiger partial charge in [-0.3, -0.25) is 14.3 Å². The van der Waals surface area contributed by atoms with Crippen molar-refractivity contribution in [2.24, 2.45) is 13.0 Å². The van der Waals surface area contributed by atoms with Gasteiger partial charge in [0.15, 0.2) is 5.82 Å². The highest BCUT2D eigenvalue weighted by atomic mass is 19.4. The normalized spacial score (nSPS) is 15.0.